The first-order valence-corrected chi connectivity index (χ1v) is 10.7. The van der Waals surface area contributed by atoms with Gasteiger partial charge in [0.05, 0.1) is 25.3 Å². The second-order valence-corrected chi connectivity index (χ2v) is 7.95. The summed E-state index contributed by atoms with van der Waals surface area (Å²) in [5.41, 5.74) is 3.04. The number of anilines is 1. The number of urea groups is 1. The molecular formula is C20H25N5O3S. The van der Waals surface area contributed by atoms with Gasteiger partial charge >= 0.3 is 6.03 Å². The average Bonchev–Trinajstić information content (AvgIpc) is 3.36. The Hall–Kier alpha value is -2.49. The van der Waals surface area contributed by atoms with E-state index in [0.29, 0.717) is 30.5 Å². The lowest BCUT2D eigenvalue weighted by Crippen LogP contribution is -2.36. The zero-order valence-corrected chi connectivity index (χ0v) is 17.0. The highest BCUT2D eigenvalue weighted by molar-refractivity contribution is 7.14. The minimum atomic E-state index is -0.132. The monoisotopic (exact) mass is 415 g/mol. The number of nitrogens with one attached hydrogen (secondary N) is 2. The summed E-state index contributed by atoms with van der Waals surface area (Å²) >= 11 is 1.39. The van der Waals surface area contributed by atoms with Crippen molar-refractivity contribution in [1.82, 2.24) is 20.5 Å². The number of thiazole rings is 1. The highest BCUT2D eigenvalue weighted by atomic mass is 32.1. The summed E-state index contributed by atoms with van der Waals surface area (Å²) in [6.45, 7) is 5.99. The molecule has 8 nitrogen and oxygen atoms in total. The van der Waals surface area contributed by atoms with Gasteiger partial charge in [-0.25, -0.2) is 9.78 Å². The molecule has 0 radical (unpaired) electrons. The van der Waals surface area contributed by atoms with Gasteiger partial charge in [-0.2, -0.15) is 0 Å². The number of hydrogen-bond donors (Lipinski definition) is 2. The summed E-state index contributed by atoms with van der Waals surface area (Å²) in [7, 11) is 0. The number of nitrogens with zero attached hydrogens (tertiary/aromatic N) is 3. The van der Waals surface area contributed by atoms with Crippen LogP contribution < -0.4 is 15.5 Å². The second kappa shape index (κ2) is 9.34. The molecule has 2 saturated heterocycles. The van der Waals surface area contributed by atoms with Crippen LogP contribution in [0.25, 0.3) is 0 Å². The smallest absolute Gasteiger partial charge is 0.323 e. The lowest BCUT2D eigenvalue weighted by molar-refractivity contribution is -0.120. The summed E-state index contributed by atoms with van der Waals surface area (Å²) < 4.78 is 5.41. The van der Waals surface area contributed by atoms with Crippen molar-refractivity contribution in [3.63, 3.8) is 0 Å². The van der Waals surface area contributed by atoms with Gasteiger partial charge in [-0.05, 0) is 11.1 Å². The van der Waals surface area contributed by atoms with Crippen LogP contribution in [-0.2, 0) is 29.0 Å². The summed E-state index contributed by atoms with van der Waals surface area (Å²) in [6, 6.07) is 8.07. The third kappa shape index (κ3) is 5.11. The number of benzene rings is 1. The molecule has 0 bridgehead atoms. The number of hydrogen-bond acceptors (Lipinski definition) is 6. The molecule has 1 aromatic heterocycles. The van der Waals surface area contributed by atoms with E-state index in [4.69, 9.17) is 4.74 Å². The quantitative estimate of drug-likeness (QED) is 0.713. The van der Waals surface area contributed by atoms with Crippen molar-refractivity contribution in [1.29, 1.82) is 0 Å². The Morgan fingerprint density at radius 1 is 1.21 bits per heavy atom. The Labute approximate surface area is 173 Å². The van der Waals surface area contributed by atoms with E-state index in [0.717, 1.165) is 38.4 Å². The molecule has 0 saturated carbocycles. The molecule has 2 fully saturated rings. The minimum absolute atomic E-state index is 0.0751. The first-order chi connectivity index (χ1) is 14.2. The van der Waals surface area contributed by atoms with Gasteiger partial charge in [0.15, 0.2) is 5.13 Å². The molecule has 0 spiro atoms. The van der Waals surface area contributed by atoms with Crippen LogP contribution in [0, 0.1) is 0 Å². The number of amides is 3. The Morgan fingerprint density at radius 3 is 2.76 bits per heavy atom. The zero-order valence-electron chi connectivity index (χ0n) is 16.2. The third-order valence-corrected chi connectivity index (χ3v) is 5.97. The topological polar surface area (TPSA) is 86.8 Å². The molecule has 3 amide bonds. The first kappa shape index (κ1) is 19.8. The maximum atomic E-state index is 12.4. The van der Waals surface area contributed by atoms with Crippen molar-refractivity contribution >= 4 is 28.4 Å². The lowest BCUT2D eigenvalue weighted by atomic mass is 10.1. The van der Waals surface area contributed by atoms with Gasteiger partial charge in [0.25, 0.3) is 0 Å². The standard InChI is InChI=1S/C20H25N5O3S/c26-18(11-17-14-29-20(23-17)25-6-5-21-19(25)27)22-12-15-3-1-2-4-16(15)13-24-7-9-28-10-8-24/h1-4,14H,5-13H2,(H,21,27)(H,22,26). The number of aromatic nitrogens is 1. The van der Waals surface area contributed by atoms with E-state index in [-0.39, 0.29) is 18.4 Å². The van der Waals surface area contributed by atoms with Crippen molar-refractivity contribution in [3.8, 4) is 0 Å². The van der Waals surface area contributed by atoms with Crippen LogP contribution in [0.4, 0.5) is 9.93 Å². The third-order valence-electron chi connectivity index (χ3n) is 5.06. The summed E-state index contributed by atoms with van der Waals surface area (Å²) in [5, 5.41) is 8.24. The second-order valence-electron chi connectivity index (χ2n) is 7.12. The maximum absolute atomic E-state index is 12.4. The fraction of sp³-hybridized carbons (Fsp3) is 0.450. The molecule has 9 heteroatoms. The number of rotatable bonds is 7. The average molecular weight is 416 g/mol. The largest absolute Gasteiger partial charge is 0.379 e. The van der Waals surface area contributed by atoms with Crippen LogP contribution in [-0.4, -0.2) is 61.2 Å². The van der Waals surface area contributed by atoms with E-state index in [1.807, 2.05) is 17.5 Å². The molecule has 0 atom stereocenters. The molecule has 1 aromatic carbocycles. The van der Waals surface area contributed by atoms with Gasteiger partial charge in [-0.3, -0.25) is 14.6 Å². The van der Waals surface area contributed by atoms with Crippen LogP contribution in [0.15, 0.2) is 29.6 Å². The van der Waals surface area contributed by atoms with Crippen LogP contribution in [0.5, 0.6) is 0 Å². The van der Waals surface area contributed by atoms with Crippen molar-refractivity contribution in [3.05, 3.63) is 46.5 Å². The van der Waals surface area contributed by atoms with E-state index in [1.54, 1.807) is 4.90 Å². The van der Waals surface area contributed by atoms with Crippen LogP contribution >= 0.6 is 11.3 Å². The molecule has 4 rings (SSSR count). The Bertz CT molecular complexity index is 865. The van der Waals surface area contributed by atoms with Crippen molar-refractivity contribution in [2.24, 2.45) is 0 Å². The summed E-state index contributed by atoms with van der Waals surface area (Å²) in [4.78, 5) is 32.6. The summed E-state index contributed by atoms with van der Waals surface area (Å²) in [6.07, 6.45) is 0.206. The van der Waals surface area contributed by atoms with E-state index in [9.17, 15) is 9.59 Å². The highest BCUT2D eigenvalue weighted by Crippen LogP contribution is 2.22. The van der Waals surface area contributed by atoms with E-state index in [2.05, 4.69) is 32.7 Å². The van der Waals surface area contributed by atoms with E-state index in [1.165, 1.54) is 16.9 Å². The molecule has 3 heterocycles. The predicted octanol–water partition coefficient (Wildman–Crippen LogP) is 1.36. The van der Waals surface area contributed by atoms with Gasteiger partial charge < -0.3 is 15.4 Å². The molecule has 29 heavy (non-hydrogen) atoms. The van der Waals surface area contributed by atoms with Crippen molar-refractivity contribution < 1.29 is 14.3 Å². The number of carbonyl (C=O) groups excluding carboxylic acids is 2. The fourth-order valence-electron chi connectivity index (χ4n) is 3.46. The first-order valence-electron chi connectivity index (χ1n) is 9.82. The Morgan fingerprint density at radius 2 is 2.00 bits per heavy atom. The molecule has 2 aliphatic rings. The van der Waals surface area contributed by atoms with Crippen LogP contribution in [0.3, 0.4) is 0 Å². The van der Waals surface area contributed by atoms with Gasteiger partial charge in [0, 0.05) is 44.6 Å². The van der Waals surface area contributed by atoms with Crippen LogP contribution in [0.1, 0.15) is 16.8 Å². The van der Waals surface area contributed by atoms with Gasteiger partial charge in [0.1, 0.15) is 0 Å². The lowest BCUT2D eigenvalue weighted by Gasteiger charge is -2.27. The highest BCUT2D eigenvalue weighted by Gasteiger charge is 2.24. The molecule has 0 unspecified atom stereocenters. The molecule has 0 aliphatic carbocycles. The summed E-state index contributed by atoms with van der Waals surface area (Å²) in [5.74, 6) is -0.0751. The number of morpholine rings is 1. The Balaban J connectivity index is 1.31. The van der Waals surface area contributed by atoms with E-state index < -0.39 is 0 Å². The molecule has 154 valence electrons. The predicted molar refractivity (Wildman–Crippen MR) is 111 cm³/mol. The van der Waals surface area contributed by atoms with Crippen LogP contribution in [0.2, 0.25) is 0 Å². The molecular weight excluding hydrogens is 390 g/mol. The SMILES string of the molecule is O=C(Cc1csc(N2CCNC2=O)n1)NCc1ccccc1CN1CCOCC1. The number of carbonyl (C=O) groups is 2. The minimum Gasteiger partial charge on any atom is -0.379 e. The van der Waals surface area contributed by atoms with E-state index >= 15 is 0 Å². The van der Waals surface area contributed by atoms with Crippen molar-refractivity contribution in [2.75, 3.05) is 44.3 Å². The van der Waals surface area contributed by atoms with Crippen molar-refractivity contribution in [2.45, 2.75) is 19.5 Å². The normalized spacial score (nSPS) is 17.4. The molecule has 2 N–H and O–H groups in total. The zero-order chi connectivity index (χ0) is 20.1. The Kier molecular flexibility index (Phi) is 6.38. The van der Waals surface area contributed by atoms with Gasteiger partial charge in [-0.15, -0.1) is 11.3 Å². The molecule has 2 aromatic rings. The molecule has 2 aliphatic heterocycles. The van der Waals surface area contributed by atoms with Gasteiger partial charge in [-0.1, -0.05) is 24.3 Å². The van der Waals surface area contributed by atoms with Gasteiger partial charge in [0.2, 0.25) is 5.91 Å². The maximum Gasteiger partial charge on any atom is 0.323 e. The fourth-order valence-corrected chi connectivity index (χ4v) is 4.31. The number of ether oxygens (including phenoxy) is 1.